The summed E-state index contributed by atoms with van der Waals surface area (Å²) in [6, 6.07) is 12.8. The zero-order chi connectivity index (χ0) is 17.8. The maximum atomic E-state index is 4.68. The van der Waals surface area contributed by atoms with Gasteiger partial charge in [-0.05, 0) is 48.4 Å². The van der Waals surface area contributed by atoms with Gasteiger partial charge in [-0.1, -0.05) is 6.07 Å². The molecule has 4 heterocycles. The minimum Gasteiger partial charge on any atom is -0.354 e. The highest BCUT2D eigenvalue weighted by molar-refractivity contribution is 5.63. The van der Waals surface area contributed by atoms with Gasteiger partial charge in [-0.25, -0.2) is 4.98 Å². The monoisotopic (exact) mass is 345 g/mol. The molecule has 1 aliphatic rings. The van der Waals surface area contributed by atoms with Crippen LogP contribution < -0.4 is 4.90 Å². The number of hydrogen-bond acceptors (Lipinski definition) is 5. The number of rotatable bonds is 4. The van der Waals surface area contributed by atoms with Crippen molar-refractivity contribution in [2.75, 3.05) is 31.1 Å². The van der Waals surface area contributed by atoms with E-state index in [0.717, 1.165) is 43.1 Å². The summed E-state index contributed by atoms with van der Waals surface area (Å²) in [6.07, 6.45) is 9.37. The van der Waals surface area contributed by atoms with E-state index in [-0.39, 0.29) is 0 Å². The van der Waals surface area contributed by atoms with E-state index in [9.17, 15) is 0 Å². The normalized spacial score (nSPS) is 16.4. The second kappa shape index (κ2) is 7.62. The molecule has 0 amide bonds. The van der Waals surface area contributed by atoms with E-state index in [1.165, 1.54) is 5.56 Å². The highest BCUT2D eigenvalue weighted by Crippen LogP contribution is 2.24. The smallest absolute Gasteiger partial charge is 0.128 e. The van der Waals surface area contributed by atoms with E-state index in [4.69, 9.17) is 0 Å². The van der Waals surface area contributed by atoms with Crippen LogP contribution in [0.3, 0.4) is 0 Å². The standard InChI is InChI=1S/C21H23N5/c1-17(19-3-2-8-23-15-19)25-11-13-26(14-12-25)21-5-4-20(16-24-21)18-6-9-22-10-7-18/h2-10,15-17H,11-14H2,1H3. The maximum Gasteiger partial charge on any atom is 0.128 e. The molecule has 0 spiro atoms. The van der Waals surface area contributed by atoms with Crippen molar-refractivity contribution in [2.24, 2.45) is 0 Å². The Bertz CT molecular complexity index is 812. The van der Waals surface area contributed by atoms with Crippen LogP contribution in [0.2, 0.25) is 0 Å². The number of nitrogens with zero attached hydrogens (tertiary/aromatic N) is 5. The Labute approximate surface area is 154 Å². The van der Waals surface area contributed by atoms with Gasteiger partial charge in [0.15, 0.2) is 0 Å². The van der Waals surface area contributed by atoms with Crippen molar-refractivity contribution in [3.63, 3.8) is 0 Å². The predicted molar refractivity (Wildman–Crippen MR) is 104 cm³/mol. The first kappa shape index (κ1) is 16.7. The molecule has 3 aromatic heterocycles. The topological polar surface area (TPSA) is 45.2 Å². The van der Waals surface area contributed by atoms with Crippen LogP contribution in [0.1, 0.15) is 18.5 Å². The van der Waals surface area contributed by atoms with Crippen LogP contribution in [0.4, 0.5) is 5.82 Å². The second-order valence-electron chi connectivity index (χ2n) is 6.63. The zero-order valence-corrected chi connectivity index (χ0v) is 15.0. The van der Waals surface area contributed by atoms with Crippen LogP contribution in [-0.2, 0) is 0 Å². The van der Waals surface area contributed by atoms with Gasteiger partial charge < -0.3 is 4.90 Å². The first-order valence-electron chi connectivity index (χ1n) is 9.06. The van der Waals surface area contributed by atoms with Crippen LogP contribution in [0.5, 0.6) is 0 Å². The lowest BCUT2D eigenvalue weighted by Gasteiger charge is -2.38. The van der Waals surface area contributed by atoms with Crippen molar-refractivity contribution in [2.45, 2.75) is 13.0 Å². The van der Waals surface area contributed by atoms with E-state index in [1.807, 2.05) is 49.2 Å². The highest BCUT2D eigenvalue weighted by atomic mass is 15.3. The summed E-state index contributed by atoms with van der Waals surface area (Å²) in [6.45, 7) is 6.31. The third-order valence-electron chi connectivity index (χ3n) is 5.11. The number of aromatic nitrogens is 3. The lowest BCUT2D eigenvalue weighted by atomic mass is 10.1. The quantitative estimate of drug-likeness (QED) is 0.725. The molecule has 0 radical (unpaired) electrons. The van der Waals surface area contributed by atoms with Crippen molar-refractivity contribution in [3.8, 4) is 11.1 Å². The van der Waals surface area contributed by atoms with Gasteiger partial charge in [0.1, 0.15) is 5.82 Å². The first-order valence-corrected chi connectivity index (χ1v) is 9.06. The molecule has 3 aromatic rings. The van der Waals surface area contributed by atoms with E-state index < -0.39 is 0 Å². The van der Waals surface area contributed by atoms with Crippen molar-refractivity contribution in [3.05, 3.63) is 72.9 Å². The van der Waals surface area contributed by atoms with Gasteiger partial charge in [0.2, 0.25) is 0 Å². The molecule has 5 heteroatoms. The third kappa shape index (κ3) is 3.58. The van der Waals surface area contributed by atoms with Crippen LogP contribution >= 0.6 is 0 Å². The number of hydrogen-bond donors (Lipinski definition) is 0. The van der Waals surface area contributed by atoms with Gasteiger partial charge >= 0.3 is 0 Å². The molecule has 0 aromatic carbocycles. The number of anilines is 1. The van der Waals surface area contributed by atoms with Crippen molar-refractivity contribution < 1.29 is 0 Å². The Morgan fingerprint density at radius 2 is 1.62 bits per heavy atom. The molecule has 26 heavy (non-hydrogen) atoms. The minimum atomic E-state index is 0.396. The summed E-state index contributed by atoms with van der Waals surface area (Å²) in [5.74, 6) is 1.05. The van der Waals surface area contributed by atoms with Crippen molar-refractivity contribution in [1.82, 2.24) is 19.9 Å². The van der Waals surface area contributed by atoms with E-state index in [1.54, 1.807) is 0 Å². The molecular weight excluding hydrogens is 322 g/mol. The molecule has 1 fully saturated rings. The number of piperazine rings is 1. The predicted octanol–water partition coefficient (Wildman–Crippen LogP) is 3.42. The molecule has 0 bridgehead atoms. The lowest BCUT2D eigenvalue weighted by molar-refractivity contribution is 0.198. The Kier molecular flexibility index (Phi) is 4.88. The third-order valence-corrected chi connectivity index (χ3v) is 5.11. The average Bonchev–Trinajstić information content (AvgIpc) is 2.75. The fourth-order valence-corrected chi connectivity index (χ4v) is 3.46. The summed E-state index contributed by atoms with van der Waals surface area (Å²) in [5, 5.41) is 0. The van der Waals surface area contributed by atoms with E-state index in [0.29, 0.717) is 6.04 Å². The molecule has 0 aliphatic carbocycles. The largest absolute Gasteiger partial charge is 0.354 e. The van der Waals surface area contributed by atoms with E-state index in [2.05, 4.69) is 49.9 Å². The Hall–Kier alpha value is -2.79. The summed E-state index contributed by atoms with van der Waals surface area (Å²) in [4.78, 5) is 17.9. The molecule has 5 nitrogen and oxygen atoms in total. The SMILES string of the molecule is CC(c1cccnc1)N1CCN(c2ccc(-c3ccncc3)cn2)CC1. The molecular formula is C21H23N5. The summed E-state index contributed by atoms with van der Waals surface area (Å²) >= 11 is 0. The van der Waals surface area contributed by atoms with Gasteiger partial charge in [0.05, 0.1) is 0 Å². The van der Waals surface area contributed by atoms with Crippen LogP contribution in [0.25, 0.3) is 11.1 Å². The van der Waals surface area contributed by atoms with Gasteiger partial charge in [-0.3, -0.25) is 14.9 Å². The molecule has 0 N–H and O–H groups in total. The summed E-state index contributed by atoms with van der Waals surface area (Å²) in [5.41, 5.74) is 3.55. The van der Waals surface area contributed by atoms with Crippen LogP contribution in [0, 0.1) is 0 Å². The molecule has 1 unspecified atom stereocenters. The molecule has 4 rings (SSSR count). The van der Waals surface area contributed by atoms with Gasteiger partial charge in [-0.15, -0.1) is 0 Å². The Balaban J connectivity index is 1.39. The Morgan fingerprint density at radius 1 is 0.808 bits per heavy atom. The van der Waals surface area contributed by atoms with Crippen molar-refractivity contribution in [1.29, 1.82) is 0 Å². The highest BCUT2D eigenvalue weighted by Gasteiger charge is 2.22. The van der Waals surface area contributed by atoms with Crippen LogP contribution in [-0.4, -0.2) is 46.0 Å². The lowest BCUT2D eigenvalue weighted by Crippen LogP contribution is -2.47. The minimum absolute atomic E-state index is 0.396. The fraction of sp³-hybridized carbons (Fsp3) is 0.286. The molecule has 1 aliphatic heterocycles. The van der Waals surface area contributed by atoms with Gasteiger partial charge in [0, 0.05) is 68.8 Å². The van der Waals surface area contributed by atoms with Gasteiger partial charge in [0.25, 0.3) is 0 Å². The summed E-state index contributed by atoms with van der Waals surface area (Å²) in [7, 11) is 0. The Morgan fingerprint density at radius 3 is 2.27 bits per heavy atom. The fourth-order valence-electron chi connectivity index (χ4n) is 3.46. The number of pyridine rings is 3. The molecule has 1 saturated heterocycles. The molecule has 132 valence electrons. The zero-order valence-electron chi connectivity index (χ0n) is 15.0. The van der Waals surface area contributed by atoms with Gasteiger partial charge in [-0.2, -0.15) is 0 Å². The second-order valence-corrected chi connectivity index (χ2v) is 6.63. The molecule has 1 atom stereocenters. The molecule has 0 saturated carbocycles. The average molecular weight is 345 g/mol. The summed E-state index contributed by atoms with van der Waals surface area (Å²) < 4.78 is 0. The van der Waals surface area contributed by atoms with E-state index >= 15 is 0 Å². The van der Waals surface area contributed by atoms with Crippen molar-refractivity contribution >= 4 is 5.82 Å². The maximum absolute atomic E-state index is 4.68. The first-order chi connectivity index (χ1) is 12.8. The van der Waals surface area contributed by atoms with Crippen LogP contribution in [0.15, 0.2) is 67.4 Å².